The highest BCUT2D eigenvalue weighted by Gasteiger charge is 2.23. The molecule has 8 nitrogen and oxygen atoms in total. The van der Waals surface area contributed by atoms with E-state index in [1.807, 2.05) is 291 Å². The fourth-order valence-corrected chi connectivity index (χ4v) is 15.7. The number of rotatable bonds is 30. The van der Waals surface area contributed by atoms with Crippen molar-refractivity contribution < 1.29 is 37.9 Å². The lowest BCUT2D eigenvalue weighted by atomic mass is 9.82. The summed E-state index contributed by atoms with van der Waals surface area (Å²) in [6, 6.07) is 173. The predicted octanol–water partition coefficient (Wildman–Crippen LogP) is 33.2. The number of hydrogen-bond donors (Lipinski definition) is 0. The van der Waals surface area contributed by atoms with Crippen molar-refractivity contribution in [2.45, 2.75) is 0 Å². The molecular weight excluding hydrogens is 1590 g/mol. The average Bonchev–Trinajstić information content (AvgIpc) is 0.764. The first kappa shape index (κ1) is 82.2. The third-order valence-corrected chi connectivity index (χ3v) is 22.0. The second-order valence-electron chi connectivity index (χ2n) is 31.0. The van der Waals surface area contributed by atoms with Crippen molar-refractivity contribution in [1.29, 1.82) is 0 Å². The molecule has 0 bridgehead atoms. The molecular formula is C122H86O8. The van der Waals surface area contributed by atoms with E-state index in [-0.39, 0.29) is 0 Å². The molecule has 0 fully saturated rings. The van der Waals surface area contributed by atoms with Gasteiger partial charge in [-0.3, -0.25) is 0 Å². The topological polar surface area (TPSA) is 73.8 Å². The summed E-state index contributed by atoms with van der Waals surface area (Å²) >= 11 is 0. The van der Waals surface area contributed by atoms with Gasteiger partial charge in [0.2, 0.25) is 0 Å². The van der Waals surface area contributed by atoms with Crippen LogP contribution in [-0.2, 0) is 0 Å². The number of para-hydroxylation sites is 8. The lowest BCUT2D eigenvalue weighted by molar-refractivity contribution is 0.482. The molecule has 0 N–H and O–H groups in total. The maximum absolute atomic E-state index is 6.56. The van der Waals surface area contributed by atoms with Crippen LogP contribution in [0.2, 0.25) is 0 Å². The fraction of sp³-hybridized carbons (Fsp3) is 0. The maximum Gasteiger partial charge on any atom is 0.127 e. The number of hydrogen-bond acceptors (Lipinski definition) is 8. The summed E-state index contributed by atoms with van der Waals surface area (Å²) in [6.45, 7) is 0. The van der Waals surface area contributed by atoms with Crippen molar-refractivity contribution >= 4 is 45.6 Å². The fourth-order valence-electron chi connectivity index (χ4n) is 15.7. The van der Waals surface area contributed by atoms with Crippen molar-refractivity contribution in [2.75, 3.05) is 0 Å². The van der Waals surface area contributed by atoms with Gasteiger partial charge in [-0.25, -0.2) is 0 Å². The van der Waals surface area contributed by atoms with E-state index in [9.17, 15) is 0 Å². The Kier molecular flexibility index (Phi) is 25.3. The molecule has 8 heteroatoms. The molecule has 0 atom stereocenters. The maximum atomic E-state index is 6.56. The smallest absolute Gasteiger partial charge is 0.127 e. The van der Waals surface area contributed by atoms with Crippen LogP contribution in [0.3, 0.4) is 0 Å². The van der Waals surface area contributed by atoms with Crippen LogP contribution in [0, 0.1) is 0 Å². The van der Waals surface area contributed by atoms with E-state index in [2.05, 4.69) is 231 Å². The van der Waals surface area contributed by atoms with Crippen molar-refractivity contribution in [3.8, 4) is 92.0 Å². The van der Waals surface area contributed by atoms with Crippen molar-refractivity contribution in [3.63, 3.8) is 0 Å². The van der Waals surface area contributed by atoms with Crippen LogP contribution < -0.4 is 37.9 Å². The molecule has 0 unspecified atom stereocenters. The molecule has 0 heterocycles. The first-order chi connectivity index (χ1) is 64.3. The first-order valence-electron chi connectivity index (χ1n) is 43.2. The summed E-state index contributed by atoms with van der Waals surface area (Å²) in [5, 5.41) is 0. The van der Waals surface area contributed by atoms with Crippen LogP contribution in [0.4, 0.5) is 0 Å². The van der Waals surface area contributed by atoms with Crippen LogP contribution in [0.5, 0.6) is 92.0 Å². The highest BCUT2D eigenvalue weighted by Crippen LogP contribution is 2.45. The Morgan fingerprint density at radius 3 is 0.362 bits per heavy atom. The zero-order valence-corrected chi connectivity index (χ0v) is 70.9. The Hall–Kier alpha value is -17.5. The highest BCUT2D eigenvalue weighted by molar-refractivity contribution is 6.08. The molecule has 19 aromatic carbocycles. The Labute approximate surface area is 758 Å². The van der Waals surface area contributed by atoms with Gasteiger partial charge in [0.05, 0.1) is 0 Å². The largest absolute Gasteiger partial charge is 0.457 e. The molecule has 130 heavy (non-hydrogen) atoms. The van der Waals surface area contributed by atoms with Gasteiger partial charge in [-0.1, -0.05) is 315 Å². The van der Waals surface area contributed by atoms with Crippen molar-refractivity contribution in [1.82, 2.24) is 0 Å². The summed E-state index contributed by atoms with van der Waals surface area (Å²) in [7, 11) is 0. The van der Waals surface area contributed by atoms with Gasteiger partial charge in [0.25, 0.3) is 0 Å². The van der Waals surface area contributed by atoms with Gasteiger partial charge < -0.3 is 37.9 Å². The molecule has 0 aliphatic rings. The molecule has 0 saturated carbocycles. The minimum atomic E-state index is 0.695. The summed E-state index contributed by atoms with van der Waals surface area (Å²) in [4.78, 5) is 0. The normalized spacial score (nSPS) is 11.7. The third-order valence-electron chi connectivity index (χ3n) is 22.0. The van der Waals surface area contributed by atoms with Gasteiger partial charge in [-0.15, -0.1) is 0 Å². The van der Waals surface area contributed by atoms with Crippen LogP contribution in [0.25, 0.3) is 45.6 Å². The second-order valence-corrected chi connectivity index (χ2v) is 31.0. The minimum Gasteiger partial charge on any atom is -0.457 e. The third kappa shape index (κ3) is 20.8. The molecule has 19 rings (SSSR count). The van der Waals surface area contributed by atoms with Gasteiger partial charge in [-0.05, 0) is 318 Å². The molecule has 0 aromatic heterocycles. The number of ether oxygens (including phenoxy) is 8. The lowest BCUT2D eigenvalue weighted by Crippen LogP contribution is -2.01. The van der Waals surface area contributed by atoms with Gasteiger partial charge in [0.15, 0.2) is 0 Å². The van der Waals surface area contributed by atoms with Crippen LogP contribution >= 0.6 is 0 Å². The predicted molar refractivity (Wildman–Crippen MR) is 527 cm³/mol. The Balaban J connectivity index is 0.778. The lowest BCUT2D eigenvalue weighted by Gasteiger charge is -2.21. The van der Waals surface area contributed by atoms with Crippen LogP contribution in [0.1, 0.15) is 77.9 Å². The van der Waals surface area contributed by atoms with E-state index in [0.717, 1.165) is 180 Å². The Morgan fingerprint density at radius 1 is 0.108 bits per heavy atom. The molecule has 0 aliphatic carbocycles. The van der Waals surface area contributed by atoms with Crippen molar-refractivity contribution in [3.05, 3.63) is 587 Å². The van der Waals surface area contributed by atoms with Gasteiger partial charge in [0, 0.05) is 0 Å². The molecule has 19 aromatic rings. The van der Waals surface area contributed by atoms with E-state index in [0.29, 0.717) is 23.0 Å². The monoisotopic (exact) mass is 1680 g/mol. The molecule has 622 valence electrons. The van der Waals surface area contributed by atoms with E-state index in [4.69, 9.17) is 37.9 Å². The van der Waals surface area contributed by atoms with Gasteiger partial charge in [-0.2, -0.15) is 0 Å². The first-order valence-corrected chi connectivity index (χ1v) is 43.2. The molecule has 0 spiro atoms. The Bertz CT molecular complexity index is 6620. The second kappa shape index (κ2) is 40.0. The molecule has 0 amide bonds. The van der Waals surface area contributed by atoms with E-state index in [1.165, 1.54) is 0 Å². The van der Waals surface area contributed by atoms with Crippen molar-refractivity contribution in [2.24, 2.45) is 0 Å². The SMILES string of the molecule is C(=C(/c1ccc(Oc2ccccc2)cc1)c1ccc(/C(=C(\c2ccc(Oc3ccccc3)cc2)c2ccc(/C(=C(\c3ccc(Oc4ccccc4)cc3)c3ccc(/C(=C/c4ccc(Oc5ccccc5)cc4)c4ccc(Oc5ccccc5)cc4)cc3)c3ccc(Oc4ccccc4)cc3)cc2)c2ccc(Oc3ccccc3)cc2)cc1)/c1ccc(Oc2ccccc2)cc1. The van der Waals surface area contributed by atoms with E-state index in [1.54, 1.807) is 0 Å². The summed E-state index contributed by atoms with van der Waals surface area (Å²) in [6.07, 6.45) is 4.47. The van der Waals surface area contributed by atoms with E-state index >= 15 is 0 Å². The molecule has 0 aliphatic heterocycles. The number of benzene rings is 19. The summed E-state index contributed by atoms with van der Waals surface area (Å²) in [5.41, 5.74) is 19.6. The van der Waals surface area contributed by atoms with Crippen LogP contribution in [0.15, 0.2) is 510 Å². The summed E-state index contributed by atoms with van der Waals surface area (Å²) in [5.74, 6) is 11.7. The average molecular weight is 1680 g/mol. The van der Waals surface area contributed by atoms with Gasteiger partial charge >= 0.3 is 0 Å². The van der Waals surface area contributed by atoms with Gasteiger partial charge in [0.1, 0.15) is 92.0 Å². The molecule has 0 radical (unpaired) electrons. The Morgan fingerprint density at radius 2 is 0.215 bits per heavy atom. The zero-order chi connectivity index (χ0) is 87.3. The minimum absolute atomic E-state index is 0.695. The zero-order valence-electron chi connectivity index (χ0n) is 70.9. The summed E-state index contributed by atoms with van der Waals surface area (Å²) < 4.78 is 51.5. The van der Waals surface area contributed by atoms with E-state index < -0.39 is 0 Å². The highest BCUT2D eigenvalue weighted by atomic mass is 16.5. The quantitative estimate of drug-likeness (QED) is 0.0412. The molecule has 0 saturated heterocycles. The standard InChI is InChI=1S/C122H86O8/c1-9-25-101(26-10-1)123-109-69-41-87(42-70-109)85-117(91-57-73-111(74-58-91)125-103-29-13-3-14-30-103)89-45-49-93(50-46-89)119(97-61-77-113(78-62-97)127-105-33-17-5-18-34-105)121(99-65-81-115(82-66-99)129-107-37-21-7-22-38-107)95-53-55-96(56-54-95)122(100-67-83-116(84-68-100)130-108-39-23-8-24-40-108)120(98-63-79-114(80-64-98)128-106-35-19-6-20-36-106)94-51-47-90(48-52-94)118(92-59-75-112(76-60-92)126-104-31-15-4-16-32-104)86-88-43-71-110(72-44-88)124-102-27-11-2-12-28-102/h1-86H/b117-85-,118-86-,121-119+,122-120+. The van der Waals surface area contributed by atoms with Crippen LogP contribution in [-0.4, -0.2) is 0 Å².